The molecule has 104 valence electrons. The lowest BCUT2D eigenvalue weighted by molar-refractivity contribution is -0.141. The highest BCUT2D eigenvalue weighted by atomic mass is 16.5. The minimum absolute atomic E-state index is 0.340. The quantitative estimate of drug-likeness (QED) is 0.504. The van der Waals surface area contributed by atoms with Gasteiger partial charge >= 0.3 is 12.0 Å². The molecule has 0 aromatic carbocycles. The average molecular weight is 258 g/mol. The summed E-state index contributed by atoms with van der Waals surface area (Å²) in [5.74, 6) is -1.01. The van der Waals surface area contributed by atoms with E-state index in [4.69, 9.17) is 9.84 Å². The third-order valence-corrected chi connectivity index (χ3v) is 2.33. The van der Waals surface area contributed by atoms with Gasteiger partial charge in [0.2, 0.25) is 0 Å². The number of amides is 2. The van der Waals surface area contributed by atoms with Crippen molar-refractivity contribution in [2.24, 2.45) is 0 Å². The molecule has 0 aliphatic carbocycles. The first kappa shape index (κ1) is 16.4. The van der Waals surface area contributed by atoms with Crippen LogP contribution in [0.2, 0.25) is 0 Å². The van der Waals surface area contributed by atoms with Gasteiger partial charge in [-0.2, -0.15) is 0 Å². The van der Waals surface area contributed by atoms with Gasteiger partial charge in [0.1, 0.15) is 6.04 Å². The van der Waals surface area contributed by atoms with Gasteiger partial charge in [0.25, 0.3) is 0 Å². The molecule has 6 heteroatoms. The number of carboxylic acid groups (broad SMARTS) is 1. The molecule has 2 amide bonds. The molecule has 1 unspecified atom stereocenters. The van der Waals surface area contributed by atoms with Gasteiger partial charge < -0.3 is 20.1 Å². The summed E-state index contributed by atoms with van der Waals surface area (Å²) in [6, 6.07) is -1.22. The number of carbonyl (C=O) groups is 2. The topological polar surface area (TPSA) is 78.9 Å². The highest BCUT2D eigenvalue weighted by Crippen LogP contribution is 2.01. The molecule has 0 spiro atoms. The fraction of sp³-hybridized carbons (Fsp3) is 0.667. The summed E-state index contributed by atoms with van der Waals surface area (Å²) in [5, 5.41) is 11.5. The summed E-state index contributed by atoms with van der Waals surface area (Å²) in [4.78, 5) is 23.7. The molecule has 1 atom stereocenters. The van der Waals surface area contributed by atoms with E-state index in [9.17, 15) is 9.59 Å². The molecule has 0 radical (unpaired) electrons. The first-order valence-electron chi connectivity index (χ1n) is 5.85. The minimum atomic E-state index is -1.01. The first-order chi connectivity index (χ1) is 8.40. The lowest BCUT2D eigenvalue weighted by atomic mass is 10.2. The maximum atomic E-state index is 11.6. The van der Waals surface area contributed by atoms with E-state index in [1.54, 1.807) is 6.92 Å². The number of hydrogen-bond acceptors (Lipinski definition) is 3. The fourth-order valence-electron chi connectivity index (χ4n) is 1.36. The number of likely N-dealkylation sites (N-methyl/N-ethyl adjacent to an activating group) is 1. The zero-order valence-corrected chi connectivity index (χ0v) is 11.2. The fourth-order valence-corrected chi connectivity index (χ4v) is 1.36. The van der Waals surface area contributed by atoms with Gasteiger partial charge in [-0.05, 0) is 13.3 Å². The number of carbonyl (C=O) groups excluding carboxylic acids is 1. The molecule has 0 heterocycles. The molecule has 6 nitrogen and oxygen atoms in total. The van der Waals surface area contributed by atoms with Crippen LogP contribution in [0.25, 0.3) is 0 Å². The SMILES string of the molecule is C=C(C)COCCNC(=O)N(C)C(CC)C(=O)O. The molecule has 0 aliphatic heterocycles. The lowest BCUT2D eigenvalue weighted by Gasteiger charge is -2.23. The molecular weight excluding hydrogens is 236 g/mol. The van der Waals surface area contributed by atoms with E-state index in [-0.39, 0.29) is 0 Å². The Kier molecular flexibility index (Phi) is 7.78. The first-order valence-corrected chi connectivity index (χ1v) is 5.85. The Morgan fingerprint density at radius 3 is 2.56 bits per heavy atom. The molecule has 0 fully saturated rings. The summed E-state index contributed by atoms with van der Waals surface area (Å²) < 4.78 is 5.21. The second kappa shape index (κ2) is 8.52. The van der Waals surface area contributed by atoms with Crippen LogP contribution in [0.1, 0.15) is 20.3 Å². The normalized spacial score (nSPS) is 11.7. The highest BCUT2D eigenvalue weighted by molar-refractivity contribution is 5.82. The van der Waals surface area contributed by atoms with Crippen molar-refractivity contribution < 1.29 is 19.4 Å². The standard InChI is InChI=1S/C12H22N2O4/c1-5-10(11(15)16)14(4)12(17)13-6-7-18-8-9(2)3/h10H,2,5-8H2,1,3-4H3,(H,13,17)(H,15,16). The van der Waals surface area contributed by atoms with Gasteiger partial charge in [0.15, 0.2) is 0 Å². The smallest absolute Gasteiger partial charge is 0.326 e. The number of hydrogen-bond donors (Lipinski definition) is 2. The van der Waals surface area contributed by atoms with Crippen LogP contribution in [0, 0.1) is 0 Å². The van der Waals surface area contributed by atoms with Crippen molar-refractivity contribution in [2.75, 3.05) is 26.8 Å². The number of nitrogens with zero attached hydrogens (tertiary/aromatic N) is 1. The maximum Gasteiger partial charge on any atom is 0.326 e. The Morgan fingerprint density at radius 2 is 2.11 bits per heavy atom. The highest BCUT2D eigenvalue weighted by Gasteiger charge is 2.24. The van der Waals surface area contributed by atoms with E-state index in [1.807, 2.05) is 6.92 Å². The van der Waals surface area contributed by atoms with Crippen molar-refractivity contribution in [3.8, 4) is 0 Å². The van der Waals surface area contributed by atoms with Crippen LogP contribution in [-0.2, 0) is 9.53 Å². The monoisotopic (exact) mass is 258 g/mol. The molecule has 2 N–H and O–H groups in total. The van der Waals surface area contributed by atoms with Crippen molar-refractivity contribution in [2.45, 2.75) is 26.3 Å². The molecule has 0 saturated heterocycles. The van der Waals surface area contributed by atoms with Crippen LogP contribution in [0.5, 0.6) is 0 Å². The van der Waals surface area contributed by atoms with Gasteiger partial charge in [-0.15, -0.1) is 0 Å². The maximum absolute atomic E-state index is 11.6. The van der Waals surface area contributed by atoms with Crippen molar-refractivity contribution in [1.82, 2.24) is 10.2 Å². The van der Waals surface area contributed by atoms with E-state index in [2.05, 4.69) is 11.9 Å². The van der Waals surface area contributed by atoms with Crippen LogP contribution < -0.4 is 5.32 Å². The van der Waals surface area contributed by atoms with E-state index in [1.165, 1.54) is 11.9 Å². The van der Waals surface area contributed by atoms with Crippen LogP contribution >= 0.6 is 0 Å². The van der Waals surface area contributed by atoms with Crippen molar-refractivity contribution in [3.63, 3.8) is 0 Å². The van der Waals surface area contributed by atoms with Crippen molar-refractivity contribution in [1.29, 1.82) is 0 Å². The van der Waals surface area contributed by atoms with Crippen molar-refractivity contribution in [3.05, 3.63) is 12.2 Å². The van der Waals surface area contributed by atoms with E-state index in [0.29, 0.717) is 26.2 Å². The van der Waals surface area contributed by atoms with E-state index < -0.39 is 18.0 Å². The minimum Gasteiger partial charge on any atom is -0.480 e. The van der Waals surface area contributed by atoms with E-state index in [0.717, 1.165) is 5.57 Å². The molecule has 0 aliphatic rings. The van der Waals surface area contributed by atoms with Gasteiger partial charge in [0, 0.05) is 13.6 Å². The summed E-state index contributed by atoms with van der Waals surface area (Å²) in [6.07, 6.45) is 0.366. The third-order valence-electron chi connectivity index (χ3n) is 2.33. The van der Waals surface area contributed by atoms with Crippen LogP contribution in [0.4, 0.5) is 4.79 Å². The predicted octanol–water partition coefficient (Wildman–Crippen LogP) is 1.08. The molecule has 0 rings (SSSR count). The number of ether oxygens (including phenoxy) is 1. The van der Waals surface area contributed by atoms with Gasteiger partial charge in [-0.1, -0.05) is 19.1 Å². The van der Waals surface area contributed by atoms with E-state index >= 15 is 0 Å². The van der Waals surface area contributed by atoms with Crippen LogP contribution in [0.15, 0.2) is 12.2 Å². The lowest BCUT2D eigenvalue weighted by Crippen LogP contribution is -2.47. The number of aliphatic carboxylic acids is 1. The summed E-state index contributed by atoms with van der Waals surface area (Å²) in [6.45, 7) is 8.42. The Labute approximate surface area is 108 Å². The van der Waals surface area contributed by atoms with Crippen molar-refractivity contribution >= 4 is 12.0 Å². The Hall–Kier alpha value is -1.56. The average Bonchev–Trinajstić information content (AvgIpc) is 2.28. The second-order valence-corrected chi connectivity index (χ2v) is 4.11. The summed E-state index contributed by atoms with van der Waals surface area (Å²) in [7, 11) is 1.46. The molecule has 0 aromatic heterocycles. The zero-order valence-electron chi connectivity index (χ0n) is 11.2. The molecule has 18 heavy (non-hydrogen) atoms. The summed E-state index contributed by atoms with van der Waals surface area (Å²) in [5.41, 5.74) is 0.912. The number of carboxylic acids is 1. The Morgan fingerprint density at radius 1 is 1.50 bits per heavy atom. The third kappa shape index (κ3) is 6.24. The van der Waals surface area contributed by atoms with Gasteiger partial charge in [-0.25, -0.2) is 9.59 Å². The number of urea groups is 1. The molecule has 0 saturated carbocycles. The Bertz CT molecular complexity index is 304. The Balaban J connectivity index is 3.94. The number of nitrogens with one attached hydrogen (secondary N) is 1. The summed E-state index contributed by atoms with van der Waals surface area (Å²) >= 11 is 0. The number of rotatable bonds is 8. The zero-order chi connectivity index (χ0) is 14.1. The molecule has 0 aromatic rings. The molecule has 0 bridgehead atoms. The largest absolute Gasteiger partial charge is 0.480 e. The molecular formula is C12H22N2O4. The van der Waals surface area contributed by atoms with Crippen LogP contribution in [-0.4, -0.2) is 54.9 Å². The second-order valence-electron chi connectivity index (χ2n) is 4.11. The van der Waals surface area contributed by atoms with Gasteiger partial charge in [0.05, 0.1) is 13.2 Å². The van der Waals surface area contributed by atoms with Gasteiger partial charge in [-0.3, -0.25) is 0 Å². The predicted molar refractivity (Wildman–Crippen MR) is 68.5 cm³/mol. The van der Waals surface area contributed by atoms with Crippen LogP contribution in [0.3, 0.4) is 0 Å².